The highest BCUT2D eigenvalue weighted by Gasteiger charge is 2.26. The Kier molecular flexibility index (Phi) is 9.62. The van der Waals surface area contributed by atoms with Gasteiger partial charge in [-0.15, -0.1) is 24.8 Å². The predicted octanol–water partition coefficient (Wildman–Crippen LogP) is 3.20. The molecule has 2 atom stereocenters. The number of nitrogens with zero attached hydrogens (tertiary/aromatic N) is 2. The molecule has 2 aliphatic heterocycles. The van der Waals surface area contributed by atoms with Gasteiger partial charge in [-0.2, -0.15) is 0 Å². The summed E-state index contributed by atoms with van der Waals surface area (Å²) in [4.78, 5) is 17.0. The molecular weight excluding hydrogens is 357 g/mol. The molecule has 1 amide bonds. The zero-order valence-electron chi connectivity index (χ0n) is 15.0. The second kappa shape index (κ2) is 10.9. The van der Waals surface area contributed by atoms with Crippen molar-refractivity contribution in [1.82, 2.24) is 10.2 Å². The number of carbonyl (C=O) groups excluding carboxylic acids is 1. The Bertz CT molecular complexity index is 501. The van der Waals surface area contributed by atoms with Gasteiger partial charge in [0.05, 0.1) is 0 Å². The van der Waals surface area contributed by atoms with Crippen molar-refractivity contribution in [3.63, 3.8) is 0 Å². The molecule has 2 unspecified atom stereocenters. The number of piperazine rings is 1. The molecule has 4 nitrogen and oxygen atoms in total. The number of halogens is 2. The van der Waals surface area contributed by atoms with Gasteiger partial charge in [0.15, 0.2) is 0 Å². The zero-order valence-corrected chi connectivity index (χ0v) is 16.7. The Labute approximate surface area is 164 Å². The first-order valence-electron chi connectivity index (χ1n) is 9.02. The van der Waals surface area contributed by atoms with Crippen LogP contribution in [0.3, 0.4) is 0 Å². The second-order valence-corrected chi connectivity index (χ2v) is 6.99. The summed E-state index contributed by atoms with van der Waals surface area (Å²) in [6.07, 6.45) is 3.22. The third-order valence-corrected chi connectivity index (χ3v) is 5.39. The van der Waals surface area contributed by atoms with Crippen LogP contribution in [0, 0.1) is 11.8 Å². The maximum atomic E-state index is 12.6. The van der Waals surface area contributed by atoms with Crippen LogP contribution >= 0.6 is 24.8 Å². The first kappa shape index (κ1) is 22.1. The number of anilines is 1. The van der Waals surface area contributed by atoms with Gasteiger partial charge in [0.1, 0.15) is 0 Å². The molecular formula is C19H31Cl2N3O. The Morgan fingerprint density at radius 3 is 2.44 bits per heavy atom. The predicted molar refractivity (Wildman–Crippen MR) is 109 cm³/mol. The number of benzene rings is 1. The van der Waals surface area contributed by atoms with E-state index in [1.165, 1.54) is 18.5 Å². The van der Waals surface area contributed by atoms with Gasteiger partial charge >= 0.3 is 0 Å². The molecule has 0 bridgehead atoms. The van der Waals surface area contributed by atoms with Gasteiger partial charge in [-0.25, -0.2) is 0 Å². The Morgan fingerprint density at radius 1 is 1.16 bits per heavy atom. The van der Waals surface area contributed by atoms with E-state index in [2.05, 4.69) is 46.3 Å². The summed E-state index contributed by atoms with van der Waals surface area (Å²) in [6.45, 7) is 8.04. The number of para-hydroxylation sites is 1. The Balaban J connectivity index is 0.00000156. The normalized spacial score (nSPS) is 21.7. The molecule has 142 valence electrons. The fraction of sp³-hybridized carbons (Fsp3) is 0.632. The van der Waals surface area contributed by atoms with E-state index in [9.17, 15) is 4.79 Å². The largest absolute Gasteiger partial charge is 0.368 e. The molecule has 1 N–H and O–H groups in total. The van der Waals surface area contributed by atoms with Gasteiger partial charge in [0, 0.05) is 38.3 Å². The van der Waals surface area contributed by atoms with Crippen LogP contribution < -0.4 is 10.2 Å². The third-order valence-electron chi connectivity index (χ3n) is 5.39. The lowest BCUT2D eigenvalue weighted by Crippen LogP contribution is -2.49. The minimum absolute atomic E-state index is 0. The number of piperidine rings is 1. The van der Waals surface area contributed by atoms with Gasteiger partial charge in [0.2, 0.25) is 5.91 Å². The molecule has 0 radical (unpaired) electrons. The van der Waals surface area contributed by atoms with E-state index >= 15 is 0 Å². The van der Waals surface area contributed by atoms with Crippen LogP contribution in [-0.4, -0.2) is 50.1 Å². The van der Waals surface area contributed by atoms with E-state index in [1.807, 2.05) is 6.07 Å². The molecule has 2 saturated heterocycles. The summed E-state index contributed by atoms with van der Waals surface area (Å²) in [5.41, 5.74) is 1.27. The molecule has 1 aromatic carbocycles. The van der Waals surface area contributed by atoms with E-state index in [-0.39, 0.29) is 24.8 Å². The Hall–Kier alpha value is -0.970. The van der Waals surface area contributed by atoms with Crippen LogP contribution in [-0.2, 0) is 4.79 Å². The van der Waals surface area contributed by atoms with Crippen molar-refractivity contribution in [2.45, 2.75) is 26.2 Å². The molecule has 2 fully saturated rings. The summed E-state index contributed by atoms with van der Waals surface area (Å²) < 4.78 is 0. The maximum Gasteiger partial charge on any atom is 0.222 e. The van der Waals surface area contributed by atoms with Crippen molar-refractivity contribution in [3.05, 3.63) is 30.3 Å². The molecule has 25 heavy (non-hydrogen) atoms. The molecule has 6 heteroatoms. The highest BCUT2D eigenvalue weighted by molar-refractivity contribution is 5.85. The van der Waals surface area contributed by atoms with Crippen LogP contribution in [0.4, 0.5) is 5.69 Å². The topological polar surface area (TPSA) is 35.6 Å². The summed E-state index contributed by atoms with van der Waals surface area (Å²) in [6, 6.07) is 10.5. The van der Waals surface area contributed by atoms with Crippen molar-refractivity contribution in [2.24, 2.45) is 11.8 Å². The monoisotopic (exact) mass is 387 g/mol. The zero-order chi connectivity index (χ0) is 16.1. The standard InChI is InChI=1S/C19H29N3O.2ClH/c1-16(17-6-5-9-20-15-17)14-19(23)22-12-10-21(11-13-22)18-7-3-2-4-8-18;;/h2-4,7-8,16-17,20H,5-6,9-15H2,1H3;2*1H. The first-order chi connectivity index (χ1) is 11.2. The van der Waals surface area contributed by atoms with Gasteiger partial charge in [0.25, 0.3) is 0 Å². The van der Waals surface area contributed by atoms with Crippen LogP contribution in [0.5, 0.6) is 0 Å². The lowest BCUT2D eigenvalue weighted by atomic mass is 9.85. The molecule has 2 heterocycles. The van der Waals surface area contributed by atoms with Gasteiger partial charge in [-0.3, -0.25) is 4.79 Å². The molecule has 0 saturated carbocycles. The fourth-order valence-corrected chi connectivity index (χ4v) is 3.79. The average molecular weight is 388 g/mol. The minimum atomic E-state index is 0. The lowest BCUT2D eigenvalue weighted by Gasteiger charge is -2.37. The van der Waals surface area contributed by atoms with E-state index in [1.54, 1.807) is 0 Å². The van der Waals surface area contributed by atoms with Crippen molar-refractivity contribution < 1.29 is 4.79 Å². The molecule has 0 aliphatic carbocycles. The van der Waals surface area contributed by atoms with Crippen LogP contribution in [0.25, 0.3) is 0 Å². The molecule has 3 rings (SSSR count). The van der Waals surface area contributed by atoms with Crippen LogP contribution in [0.1, 0.15) is 26.2 Å². The van der Waals surface area contributed by atoms with Crippen molar-refractivity contribution in [3.8, 4) is 0 Å². The molecule has 2 aliphatic rings. The van der Waals surface area contributed by atoms with Crippen LogP contribution in [0.2, 0.25) is 0 Å². The smallest absolute Gasteiger partial charge is 0.222 e. The quantitative estimate of drug-likeness (QED) is 0.861. The third kappa shape index (κ3) is 6.05. The van der Waals surface area contributed by atoms with Crippen molar-refractivity contribution >= 4 is 36.4 Å². The van der Waals surface area contributed by atoms with Gasteiger partial charge < -0.3 is 15.1 Å². The highest BCUT2D eigenvalue weighted by atomic mass is 35.5. The lowest BCUT2D eigenvalue weighted by molar-refractivity contribution is -0.132. The van der Waals surface area contributed by atoms with E-state index in [4.69, 9.17) is 0 Å². The minimum Gasteiger partial charge on any atom is -0.368 e. The van der Waals surface area contributed by atoms with E-state index in [0.717, 1.165) is 39.3 Å². The SMILES string of the molecule is CC(CC(=O)N1CCN(c2ccccc2)CC1)C1CCCNC1.Cl.Cl. The number of rotatable bonds is 4. The molecule has 1 aromatic rings. The van der Waals surface area contributed by atoms with Gasteiger partial charge in [-0.1, -0.05) is 25.1 Å². The van der Waals surface area contributed by atoms with Crippen LogP contribution in [0.15, 0.2) is 30.3 Å². The Morgan fingerprint density at radius 2 is 1.84 bits per heavy atom. The number of amides is 1. The van der Waals surface area contributed by atoms with E-state index in [0.29, 0.717) is 24.2 Å². The van der Waals surface area contributed by atoms with Crippen molar-refractivity contribution in [1.29, 1.82) is 0 Å². The number of nitrogens with one attached hydrogen (secondary N) is 1. The van der Waals surface area contributed by atoms with E-state index < -0.39 is 0 Å². The maximum absolute atomic E-state index is 12.6. The summed E-state index contributed by atoms with van der Waals surface area (Å²) >= 11 is 0. The number of carbonyl (C=O) groups is 1. The number of hydrogen-bond acceptors (Lipinski definition) is 3. The van der Waals surface area contributed by atoms with Gasteiger partial charge in [-0.05, 0) is 49.9 Å². The summed E-state index contributed by atoms with van der Waals surface area (Å²) in [7, 11) is 0. The van der Waals surface area contributed by atoms with Crippen molar-refractivity contribution in [2.75, 3.05) is 44.2 Å². The fourth-order valence-electron chi connectivity index (χ4n) is 3.79. The number of hydrogen-bond donors (Lipinski definition) is 1. The highest BCUT2D eigenvalue weighted by Crippen LogP contribution is 2.24. The molecule has 0 aromatic heterocycles. The summed E-state index contributed by atoms with van der Waals surface area (Å²) in [5.74, 6) is 1.50. The second-order valence-electron chi connectivity index (χ2n) is 6.99. The first-order valence-corrected chi connectivity index (χ1v) is 9.02. The average Bonchev–Trinajstić information content (AvgIpc) is 2.63. The summed E-state index contributed by atoms with van der Waals surface area (Å²) in [5, 5.41) is 3.46. The molecule has 0 spiro atoms.